The Hall–Kier alpha value is -1.10. The SMILES string of the molecule is CCCCCCC(CCCCCC(=O)O)C(=O)OCC1CO1. The van der Waals surface area contributed by atoms with Gasteiger partial charge in [-0.05, 0) is 19.3 Å². The number of hydrogen-bond acceptors (Lipinski definition) is 4. The average molecular weight is 314 g/mol. The van der Waals surface area contributed by atoms with E-state index in [0.717, 1.165) is 38.5 Å². The van der Waals surface area contributed by atoms with Crippen molar-refractivity contribution >= 4 is 11.9 Å². The van der Waals surface area contributed by atoms with Gasteiger partial charge in [0.05, 0.1) is 12.5 Å². The topological polar surface area (TPSA) is 76.1 Å². The third-order valence-electron chi connectivity index (χ3n) is 4.00. The summed E-state index contributed by atoms with van der Waals surface area (Å²) >= 11 is 0. The molecule has 0 bridgehead atoms. The third kappa shape index (κ3) is 9.77. The van der Waals surface area contributed by atoms with Crippen molar-refractivity contribution in [2.24, 2.45) is 5.92 Å². The zero-order chi connectivity index (χ0) is 16.2. The van der Waals surface area contributed by atoms with Crippen molar-refractivity contribution in [3.8, 4) is 0 Å². The zero-order valence-electron chi connectivity index (χ0n) is 13.7. The van der Waals surface area contributed by atoms with Gasteiger partial charge in [-0.3, -0.25) is 9.59 Å². The van der Waals surface area contributed by atoms with Crippen molar-refractivity contribution in [1.29, 1.82) is 0 Å². The summed E-state index contributed by atoms with van der Waals surface area (Å²) in [5.41, 5.74) is 0. The van der Waals surface area contributed by atoms with Crippen molar-refractivity contribution in [2.45, 2.75) is 77.2 Å². The summed E-state index contributed by atoms with van der Waals surface area (Å²) in [4.78, 5) is 22.6. The molecule has 0 amide bonds. The molecule has 1 N–H and O–H groups in total. The predicted octanol–water partition coefficient (Wildman–Crippen LogP) is 3.55. The van der Waals surface area contributed by atoms with Gasteiger partial charge in [-0.1, -0.05) is 45.4 Å². The summed E-state index contributed by atoms with van der Waals surface area (Å²) in [5.74, 6) is -0.898. The van der Waals surface area contributed by atoms with Crippen LogP contribution in [0.3, 0.4) is 0 Å². The molecule has 0 radical (unpaired) electrons. The number of unbranched alkanes of at least 4 members (excludes halogenated alkanes) is 5. The van der Waals surface area contributed by atoms with Crippen LogP contribution in [0.2, 0.25) is 0 Å². The molecule has 5 heteroatoms. The van der Waals surface area contributed by atoms with Gasteiger partial charge in [0.2, 0.25) is 0 Å². The standard InChI is InChI=1S/C17H30O5/c1-2-3-4-6-9-14(10-7-5-8-11-16(18)19)17(20)22-13-15-12-21-15/h14-15H,2-13H2,1H3,(H,18,19). The van der Waals surface area contributed by atoms with E-state index in [4.69, 9.17) is 14.6 Å². The largest absolute Gasteiger partial charge is 0.481 e. The first-order chi connectivity index (χ1) is 10.6. The Bertz CT molecular complexity index is 325. The lowest BCUT2D eigenvalue weighted by Crippen LogP contribution is -2.20. The molecule has 128 valence electrons. The first-order valence-corrected chi connectivity index (χ1v) is 8.63. The highest BCUT2D eigenvalue weighted by atomic mass is 16.6. The fourth-order valence-corrected chi connectivity index (χ4v) is 2.50. The Morgan fingerprint density at radius 2 is 1.77 bits per heavy atom. The Morgan fingerprint density at radius 3 is 2.32 bits per heavy atom. The number of rotatable bonds is 14. The summed E-state index contributed by atoms with van der Waals surface area (Å²) in [6, 6.07) is 0. The van der Waals surface area contributed by atoms with E-state index < -0.39 is 5.97 Å². The number of ether oxygens (including phenoxy) is 2. The summed E-state index contributed by atoms with van der Waals surface area (Å²) in [7, 11) is 0. The molecule has 0 saturated carbocycles. The number of carboxylic acids is 1. The summed E-state index contributed by atoms with van der Waals surface area (Å²) in [6.07, 6.45) is 9.04. The zero-order valence-corrected chi connectivity index (χ0v) is 13.7. The van der Waals surface area contributed by atoms with Crippen LogP contribution in [0.1, 0.15) is 71.1 Å². The van der Waals surface area contributed by atoms with Crippen LogP contribution in [0.25, 0.3) is 0 Å². The number of carbonyl (C=O) groups excluding carboxylic acids is 1. The van der Waals surface area contributed by atoms with E-state index in [1.807, 2.05) is 0 Å². The second-order valence-electron chi connectivity index (χ2n) is 6.12. The van der Waals surface area contributed by atoms with Crippen LogP contribution in [0, 0.1) is 5.92 Å². The molecule has 22 heavy (non-hydrogen) atoms. The average Bonchev–Trinajstić information content (AvgIpc) is 3.30. The highest BCUT2D eigenvalue weighted by Gasteiger charge is 2.26. The molecule has 1 heterocycles. The molecule has 1 fully saturated rings. The molecule has 1 saturated heterocycles. The normalized spacial score (nSPS) is 18.0. The molecule has 0 aromatic heterocycles. The summed E-state index contributed by atoms with van der Waals surface area (Å²) in [6.45, 7) is 3.25. The highest BCUT2D eigenvalue weighted by Crippen LogP contribution is 2.21. The smallest absolute Gasteiger partial charge is 0.309 e. The number of esters is 1. The second-order valence-corrected chi connectivity index (χ2v) is 6.12. The molecule has 1 aliphatic heterocycles. The first-order valence-electron chi connectivity index (χ1n) is 8.63. The second kappa shape index (κ2) is 11.5. The van der Waals surface area contributed by atoms with E-state index in [-0.39, 0.29) is 24.4 Å². The number of carboxylic acid groups (broad SMARTS) is 1. The maximum absolute atomic E-state index is 12.1. The number of epoxide rings is 1. The fraction of sp³-hybridized carbons (Fsp3) is 0.882. The molecule has 2 unspecified atom stereocenters. The number of carbonyl (C=O) groups is 2. The molecule has 0 spiro atoms. The van der Waals surface area contributed by atoms with Gasteiger partial charge in [0, 0.05) is 6.42 Å². The summed E-state index contributed by atoms with van der Waals surface area (Å²) in [5, 5.41) is 8.62. The third-order valence-corrected chi connectivity index (χ3v) is 4.00. The van der Waals surface area contributed by atoms with E-state index >= 15 is 0 Å². The molecule has 1 aliphatic rings. The van der Waals surface area contributed by atoms with Gasteiger partial charge in [-0.15, -0.1) is 0 Å². The van der Waals surface area contributed by atoms with Crippen LogP contribution in [0.15, 0.2) is 0 Å². The van der Waals surface area contributed by atoms with Crippen molar-refractivity contribution in [2.75, 3.05) is 13.2 Å². The van der Waals surface area contributed by atoms with Crippen LogP contribution < -0.4 is 0 Å². The predicted molar refractivity (Wildman–Crippen MR) is 83.7 cm³/mol. The van der Waals surface area contributed by atoms with Crippen molar-refractivity contribution < 1.29 is 24.2 Å². The van der Waals surface area contributed by atoms with E-state index in [2.05, 4.69) is 6.92 Å². The molecular formula is C17H30O5. The van der Waals surface area contributed by atoms with Gasteiger partial charge in [0.1, 0.15) is 12.7 Å². The first kappa shape index (κ1) is 18.9. The van der Waals surface area contributed by atoms with Crippen LogP contribution >= 0.6 is 0 Å². The minimum absolute atomic E-state index is 0.0413. The minimum Gasteiger partial charge on any atom is -0.481 e. The Balaban J connectivity index is 2.21. The Kier molecular flexibility index (Phi) is 9.87. The molecule has 0 aromatic carbocycles. The van der Waals surface area contributed by atoms with Gasteiger partial charge in [0.25, 0.3) is 0 Å². The Labute approximate surface area is 133 Å². The van der Waals surface area contributed by atoms with E-state index in [1.165, 1.54) is 12.8 Å². The van der Waals surface area contributed by atoms with Crippen molar-refractivity contribution in [3.05, 3.63) is 0 Å². The molecular weight excluding hydrogens is 284 g/mol. The van der Waals surface area contributed by atoms with Gasteiger partial charge < -0.3 is 14.6 Å². The summed E-state index contributed by atoms with van der Waals surface area (Å²) < 4.78 is 10.4. The van der Waals surface area contributed by atoms with E-state index in [9.17, 15) is 9.59 Å². The fourth-order valence-electron chi connectivity index (χ4n) is 2.50. The molecule has 0 aliphatic carbocycles. The maximum atomic E-state index is 12.1. The van der Waals surface area contributed by atoms with E-state index in [0.29, 0.717) is 19.6 Å². The van der Waals surface area contributed by atoms with Crippen LogP contribution in [0.4, 0.5) is 0 Å². The van der Waals surface area contributed by atoms with Crippen molar-refractivity contribution in [1.82, 2.24) is 0 Å². The number of hydrogen-bond donors (Lipinski definition) is 1. The van der Waals surface area contributed by atoms with E-state index in [1.54, 1.807) is 0 Å². The van der Waals surface area contributed by atoms with Crippen molar-refractivity contribution in [3.63, 3.8) is 0 Å². The molecule has 5 nitrogen and oxygen atoms in total. The lowest BCUT2D eigenvalue weighted by atomic mass is 9.94. The monoisotopic (exact) mass is 314 g/mol. The van der Waals surface area contributed by atoms with Gasteiger partial charge >= 0.3 is 11.9 Å². The van der Waals surface area contributed by atoms with Crippen LogP contribution in [0.5, 0.6) is 0 Å². The van der Waals surface area contributed by atoms with Crippen LogP contribution in [-0.4, -0.2) is 36.4 Å². The maximum Gasteiger partial charge on any atom is 0.309 e. The number of aliphatic carboxylic acids is 1. The lowest BCUT2D eigenvalue weighted by Gasteiger charge is -2.15. The lowest BCUT2D eigenvalue weighted by molar-refractivity contribution is -0.149. The Morgan fingerprint density at radius 1 is 1.14 bits per heavy atom. The minimum atomic E-state index is -0.750. The molecule has 2 atom stereocenters. The van der Waals surface area contributed by atoms with Gasteiger partial charge in [-0.25, -0.2) is 0 Å². The molecule has 0 aromatic rings. The van der Waals surface area contributed by atoms with Gasteiger partial charge in [-0.2, -0.15) is 0 Å². The van der Waals surface area contributed by atoms with Gasteiger partial charge in [0.15, 0.2) is 0 Å². The molecule has 1 rings (SSSR count). The highest BCUT2D eigenvalue weighted by molar-refractivity contribution is 5.72. The van der Waals surface area contributed by atoms with Crippen LogP contribution in [-0.2, 0) is 19.1 Å². The quantitative estimate of drug-likeness (QED) is 0.301.